The van der Waals surface area contributed by atoms with Crippen LogP contribution in [0.5, 0.6) is 0 Å². The zero-order valence-corrected chi connectivity index (χ0v) is 11.8. The van der Waals surface area contributed by atoms with Crippen LogP contribution in [-0.4, -0.2) is 26.2 Å². The van der Waals surface area contributed by atoms with Crippen LogP contribution >= 0.6 is 0 Å². The highest BCUT2D eigenvalue weighted by Crippen LogP contribution is 2.13. The van der Waals surface area contributed by atoms with Crippen molar-refractivity contribution in [1.29, 1.82) is 0 Å². The molecule has 21 heavy (non-hydrogen) atoms. The number of nitrogens with zero attached hydrogens (tertiary/aromatic N) is 4. The molecule has 2 aromatic heterocycles. The molecule has 0 radical (unpaired) electrons. The standard InChI is InChI=1S/C15H17N5O/c1-12(9-10-14-8-5-11-21-14)16-15-17-18-19-20(15)13-6-3-2-4-7-13/h2-8,11-12H,9-10H2,1H3,(H,16,17,19)/t12-/m1/s1. The third kappa shape index (κ3) is 3.28. The fourth-order valence-electron chi connectivity index (χ4n) is 2.13. The summed E-state index contributed by atoms with van der Waals surface area (Å²) < 4.78 is 7.04. The molecule has 0 unspecified atom stereocenters. The van der Waals surface area contributed by atoms with E-state index in [4.69, 9.17) is 4.42 Å². The zero-order valence-electron chi connectivity index (χ0n) is 11.8. The number of nitrogens with one attached hydrogen (secondary N) is 1. The van der Waals surface area contributed by atoms with E-state index in [1.54, 1.807) is 10.9 Å². The highest BCUT2D eigenvalue weighted by Gasteiger charge is 2.11. The van der Waals surface area contributed by atoms with E-state index >= 15 is 0 Å². The molecule has 3 rings (SSSR count). The number of furan rings is 1. The van der Waals surface area contributed by atoms with Gasteiger partial charge in [0.25, 0.3) is 0 Å². The van der Waals surface area contributed by atoms with Crippen molar-refractivity contribution < 1.29 is 4.42 Å². The van der Waals surface area contributed by atoms with Crippen LogP contribution in [0.2, 0.25) is 0 Å². The van der Waals surface area contributed by atoms with Crippen molar-refractivity contribution in [1.82, 2.24) is 20.2 Å². The topological polar surface area (TPSA) is 68.8 Å². The normalized spacial score (nSPS) is 12.2. The molecule has 1 aromatic carbocycles. The lowest BCUT2D eigenvalue weighted by molar-refractivity contribution is 0.494. The Hall–Kier alpha value is -2.63. The highest BCUT2D eigenvalue weighted by molar-refractivity contribution is 5.38. The van der Waals surface area contributed by atoms with Gasteiger partial charge >= 0.3 is 0 Å². The molecule has 0 fully saturated rings. The predicted octanol–water partition coefficient (Wildman–Crippen LogP) is 2.69. The van der Waals surface area contributed by atoms with E-state index in [9.17, 15) is 0 Å². The second kappa shape index (κ2) is 6.21. The van der Waals surface area contributed by atoms with E-state index < -0.39 is 0 Å². The number of aromatic nitrogens is 4. The monoisotopic (exact) mass is 283 g/mol. The van der Waals surface area contributed by atoms with Crippen molar-refractivity contribution in [2.45, 2.75) is 25.8 Å². The van der Waals surface area contributed by atoms with Gasteiger partial charge in [-0.15, -0.1) is 0 Å². The van der Waals surface area contributed by atoms with E-state index in [-0.39, 0.29) is 6.04 Å². The number of benzene rings is 1. The lowest BCUT2D eigenvalue weighted by Gasteiger charge is -2.13. The van der Waals surface area contributed by atoms with Crippen LogP contribution in [0.15, 0.2) is 53.1 Å². The molecule has 1 atom stereocenters. The quantitative estimate of drug-likeness (QED) is 0.753. The molecule has 1 N–H and O–H groups in total. The summed E-state index contributed by atoms with van der Waals surface area (Å²) in [6.07, 6.45) is 3.52. The van der Waals surface area contributed by atoms with Crippen LogP contribution < -0.4 is 5.32 Å². The minimum atomic E-state index is 0.239. The molecule has 108 valence electrons. The summed E-state index contributed by atoms with van der Waals surface area (Å²) in [4.78, 5) is 0. The SMILES string of the molecule is C[C@H](CCc1ccco1)Nc1nnnn1-c1ccccc1. The Labute approximate surface area is 122 Å². The van der Waals surface area contributed by atoms with Crippen LogP contribution in [-0.2, 0) is 6.42 Å². The third-order valence-corrected chi connectivity index (χ3v) is 3.25. The molecule has 0 amide bonds. The lowest BCUT2D eigenvalue weighted by atomic mass is 10.1. The Bertz CT molecular complexity index is 662. The lowest BCUT2D eigenvalue weighted by Crippen LogP contribution is -2.19. The molecule has 2 heterocycles. The Morgan fingerprint density at radius 3 is 2.81 bits per heavy atom. The summed E-state index contributed by atoms with van der Waals surface area (Å²) in [6.45, 7) is 2.10. The first-order chi connectivity index (χ1) is 10.3. The second-order valence-corrected chi connectivity index (χ2v) is 4.91. The van der Waals surface area contributed by atoms with Crippen LogP contribution in [0.25, 0.3) is 5.69 Å². The van der Waals surface area contributed by atoms with Gasteiger partial charge in [-0.05, 0) is 48.0 Å². The van der Waals surface area contributed by atoms with Crippen molar-refractivity contribution in [2.75, 3.05) is 5.32 Å². The van der Waals surface area contributed by atoms with E-state index in [1.807, 2.05) is 42.5 Å². The average Bonchev–Trinajstić information content (AvgIpc) is 3.17. The van der Waals surface area contributed by atoms with E-state index in [0.29, 0.717) is 5.95 Å². The molecule has 0 saturated heterocycles. The molecular weight excluding hydrogens is 266 g/mol. The molecular formula is C15H17N5O. The molecule has 6 nitrogen and oxygen atoms in total. The largest absolute Gasteiger partial charge is 0.469 e. The van der Waals surface area contributed by atoms with Crippen LogP contribution in [0.3, 0.4) is 0 Å². The third-order valence-electron chi connectivity index (χ3n) is 3.25. The van der Waals surface area contributed by atoms with E-state index in [0.717, 1.165) is 24.3 Å². The van der Waals surface area contributed by atoms with E-state index in [1.165, 1.54) is 0 Å². The Morgan fingerprint density at radius 1 is 1.19 bits per heavy atom. The van der Waals surface area contributed by atoms with Gasteiger partial charge in [0.1, 0.15) is 5.76 Å². The number of rotatable bonds is 6. The molecule has 6 heteroatoms. The van der Waals surface area contributed by atoms with Gasteiger partial charge in [0.2, 0.25) is 5.95 Å². The molecule has 3 aromatic rings. The van der Waals surface area contributed by atoms with Crippen LogP contribution in [0, 0.1) is 0 Å². The molecule has 0 aliphatic carbocycles. The first-order valence-corrected chi connectivity index (χ1v) is 6.95. The predicted molar refractivity (Wildman–Crippen MR) is 79.3 cm³/mol. The van der Waals surface area contributed by atoms with Gasteiger partial charge in [-0.1, -0.05) is 23.3 Å². The molecule has 0 aliphatic heterocycles. The fraction of sp³-hybridized carbons (Fsp3) is 0.267. The van der Waals surface area contributed by atoms with Crippen molar-refractivity contribution >= 4 is 5.95 Å². The van der Waals surface area contributed by atoms with Gasteiger partial charge in [-0.2, -0.15) is 4.68 Å². The summed E-state index contributed by atoms with van der Waals surface area (Å²) in [5, 5.41) is 15.1. The van der Waals surface area contributed by atoms with E-state index in [2.05, 4.69) is 27.8 Å². The summed E-state index contributed by atoms with van der Waals surface area (Å²) >= 11 is 0. The maximum absolute atomic E-state index is 5.34. The minimum absolute atomic E-state index is 0.239. The Balaban J connectivity index is 1.64. The van der Waals surface area contributed by atoms with Crippen molar-refractivity contribution in [3.8, 4) is 5.69 Å². The number of anilines is 1. The van der Waals surface area contributed by atoms with Gasteiger partial charge < -0.3 is 9.73 Å². The number of hydrogen-bond acceptors (Lipinski definition) is 5. The van der Waals surface area contributed by atoms with Crippen molar-refractivity contribution in [2.24, 2.45) is 0 Å². The maximum atomic E-state index is 5.34. The smallest absolute Gasteiger partial charge is 0.247 e. The first kappa shape index (κ1) is 13.4. The summed E-state index contributed by atoms with van der Waals surface area (Å²) in [7, 11) is 0. The molecule has 0 bridgehead atoms. The highest BCUT2D eigenvalue weighted by atomic mass is 16.3. The summed E-state index contributed by atoms with van der Waals surface area (Å²) in [5.74, 6) is 1.64. The zero-order chi connectivity index (χ0) is 14.5. The number of tetrazole rings is 1. The average molecular weight is 283 g/mol. The first-order valence-electron chi connectivity index (χ1n) is 6.95. The van der Waals surface area contributed by atoms with Crippen LogP contribution in [0.1, 0.15) is 19.1 Å². The van der Waals surface area contributed by atoms with Crippen molar-refractivity contribution in [3.05, 3.63) is 54.5 Å². The molecule has 0 spiro atoms. The van der Waals surface area contributed by atoms with Gasteiger partial charge in [0, 0.05) is 12.5 Å². The number of para-hydroxylation sites is 1. The minimum Gasteiger partial charge on any atom is -0.469 e. The van der Waals surface area contributed by atoms with Gasteiger partial charge in [-0.3, -0.25) is 0 Å². The molecule has 0 saturated carbocycles. The maximum Gasteiger partial charge on any atom is 0.247 e. The van der Waals surface area contributed by atoms with Gasteiger partial charge in [-0.25, -0.2) is 0 Å². The Morgan fingerprint density at radius 2 is 2.05 bits per heavy atom. The van der Waals surface area contributed by atoms with Crippen molar-refractivity contribution in [3.63, 3.8) is 0 Å². The summed E-state index contributed by atoms with van der Waals surface area (Å²) in [6, 6.07) is 14.0. The van der Waals surface area contributed by atoms with Gasteiger partial charge in [0.15, 0.2) is 0 Å². The number of aryl methyl sites for hydroxylation is 1. The number of hydrogen-bond donors (Lipinski definition) is 1. The van der Waals surface area contributed by atoms with Crippen LogP contribution in [0.4, 0.5) is 5.95 Å². The fourth-order valence-corrected chi connectivity index (χ4v) is 2.13. The Kier molecular flexibility index (Phi) is 3.95. The molecule has 0 aliphatic rings. The second-order valence-electron chi connectivity index (χ2n) is 4.91. The van der Waals surface area contributed by atoms with Gasteiger partial charge in [0.05, 0.1) is 12.0 Å². The summed E-state index contributed by atoms with van der Waals surface area (Å²) in [5.41, 5.74) is 0.934.